The number of rotatable bonds is 15. The van der Waals surface area contributed by atoms with Crippen LogP contribution in [0, 0.1) is 17.8 Å². The van der Waals surface area contributed by atoms with Crippen molar-refractivity contribution in [2.45, 2.75) is 114 Å². The maximum Gasteiger partial charge on any atom is 0.469 e. The van der Waals surface area contributed by atoms with Crippen LogP contribution in [-0.4, -0.2) is 68.5 Å². The molecule has 3 rings (SSSR count). The first-order valence-corrected chi connectivity index (χ1v) is 17.4. The fourth-order valence-electron chi connectivity index (χ4n) is 6.24. The van der Waals surface area contributed by atoms with Gasteiger partial charge in [0.05, 0.1) is 12.0 Å². The molecule has 0 bridgehead atoms. The van der Waals surface area contributed by atoms with Crippen LogP contribution >= 0.6 is 7.82 Å². The normalized spacial score (nSPS) is 28.3. The first-order chi connectivity index (χ1) is 20.9. The lowest BCUT2D eigenvalue weighted by molar-refractivity contribution is -0.157. The number of hydrogen-bond donors (Lipinski definition) is 5. The van der Waals surface area contributed by atoms with E-state index in [1.165, 1.54) is 30.7 Å². The number of cyclic esters (lactones) is 1. The smallest absolute Gasteiger partial charge is 0.462 e. The topological polar surface area (TPSA) is 186 Å². The van der Waals surface area contributed by atoms with Crippen molar-refractivity contribution in [3.05, 3.63) is 48.6 Å². The number of esters is 2. The maximum atomic E-state index is 12.6. The van der Waals surface area contributed by atoms with E-state index in [2.05, 4.69) is 0 Å². The number of allylic oxidation sites excluding steroid dienone is 3. The van der Waals surface area contributed by atoms with Crippen LogP contribution in [0.5, 0.6) is 0 Å². The van der Waals surface area contributed by atoms with Crippen LogP contribution < -0.4 is 5.73 Å². The highest BCUT2D eigenvalue weighted by Gasteiger charge is 2.40. The summed E-state index contributed by atoms with van der Waals surface area (Å²) in [5, 5.41) is 22.2. The monoisotopic (exact) mass is 639 g/mol. The largest absolute Gasteiger partial charge is 0.469 e. The van der Waals surface area contributed by atoms with Gasteiger partial charge in [0.1, 0.15) is 23.9 Å². The Morgan fingerprint density at radius 2 is 1.91 bits per heavy atom. The van der Waals surface area contributed by atoms with E-state index in [1.54, 1.807) is 18.2 Å². The average molecular weight is 640 g/mol. The summed E-state index contributed by atoms with van der Waals surface area (Å²) in [6.45, 7) is 1.87. The van der Waals surface area contributed by atoms with E-state index in [-0.39, 0.29) is 49.2 Å². The lowest BCUT2D eigenvalue weighted by Crippen LogP contribution is -2.45. The van der Waals surface area contributed by atoms with Gasteiger partial charge in [-0.15, -0.1) is 0 Å². The summed E-state index contributed by atoms with van der Waals surface area (Å²) in [6, 6.07) is 0. The van der Waals surface area contributed by atoms with Gasteiger partial charge in [-0.25, -0.2) is 9.36 Å². The van der Waals surface area contributed by atoms with Crippen LogP contribution in [0.25, 0.3) is 0 Å². The van der Waals surface area contributed by atoms with Crippen molar-refractivity contribution in [2.75, 3.05) is 6.54 Å². The highest BCUT2D eigenvalue weighted by atomic mass is 31.2. The summed E-state index contributed by atoms with van der Waals surface area (Å²) in [5.41, 5.74) is 3.75. The molecule has 0 radical (unpaired) electrons. The maximum absolute atomic E-state index is 12.6. The standard InChI is InChI=1S/C32H50NO10P/c1-2-24-15-16-30(35)42-28(24)17-18-32(37,19-20-33)29(43-44(38,39)40)22-26(34)13-7-6-9-23-10-8-14-27(21-23)41-31(36)25-11-4-3-5-12-25/h6-7,9,13,15-18,23-29,34,37H,2-5,8,10-12,14,19-22,33H2,1H3,(H2,38,39,40)/b9-6+,13-7+,18-17+. The molecule has 1 aliphatic heterocycles. The third-order valence-corrected chi connectivity index (χ3v) is 9.27. The Bertz CT molecular complexity index is 1090. The van der Waals surface area contributed by atoms with Crippen molar-refractivity contribution >= 4 is 19.8 Å². The molecular weight excluding hydrogens is 589 g/mol. The summed E-state index contributed by atoms with van der Waals surface area (Å²) in [6.07, 6.45) is 18.0. The van der Waals surface area contributed by atoms with Crippen LogP contribution in [0.3, 0.4) is 0 Å². The minimum atomic E-state index is -5.07. The number of carbonyl (C=O) groups excluding carboxylic acids is 2. The Morgan fingerprint density at radius 3 is 2.59 bits per heavy atom. The van der Waals surface area contributed by atoms with Gasteiger partial charge in [0.25, 0.3) is 0 Å². The van der Waals surface area contributed by atoms with Gasteiger partial charge < -0.3 is 35.2 Å². The summed E-state index contributed by atoms with van der Waals surface area (Å²) in [5.74, 6) is -0.504. The van der Waals surface area contributed by atoms with Gasteiger partial charge in [-0.05, 0) is 69.9 Å². The van der Waals surface area contributed by atoms with E-state index in [0.717, 1.165) is 51.4 Å². The third-order valence-electron chi connectivity index (χ3n) is 8.74. The quantitative estimate of drug-likeness (QED) is 0.0750. The molecule has 3 aliphatic rings. The molecule has 44 heavy (non-hydrogen) atoms. The molecule has 2 saturated carbocycles. The number of nitrogens with two attached hydrogens (primary N) is 1. The first-order valence-electron chi connectivity index (χ1n) is 15.9. The zero-order valence-electron chi connectivity index (χ0n) is 25.6. The SMILES string of the molecule is CCC1C=CC(=O)OC1/C=C/C(O)(CCN)C(CC(O)/C=C/C=C/C1CCCC(OC(=O)C2CCCCC2)C1)OP(=O)(O)O. The lowest BCUT2D eigenvalue weighted by atomic mass is 9.86. The number of carbonyl (C=O) groups is 2. The predicted molar refractivity (Wildman–Crippen MR) is 165 cm³/mol. The Morgan fingerprint density at radius 1 is 1.16 bits per heavy atom. The Kier molecular flexibility index (Phi) is 14.5. The molecule has 12 heteroatoms. The zero-order chi connectivity index (χ0) is 32.2. The van der Waals surface area contributed by atoms with E-state index in [9.17, 15) is 34.2 Å². The minimum absolute atomic E-state index is 0.0238. The molecule has 7 unspecified atom stereocenters. The second-order valence-corrected chi connectivity index (χ2v) is 13.4. The van der Waals surface area contributed by atoms with Crippen molar-refractivity contribution in [1.82, 2.24) is 0 Å². The highest BCUT2D eigenvalue weighted by molar-refractivity contribution is 7.46. The summed E-state index contributed by atoms with van der Waals surface area (Å²) >= 11 is 0. The van der Waals surface area contributed by atoms with E-state index in [0.29, 0.717) is 6.42 Å². The predicted octanol–water partition coefficient (Wildman–Crippen LogP) is 4.15. The lowest BCUT2D eigenvalue weighted by Gasteiger charge is -2.35. The number of phosphoric acid groups is 1. The van der Waals surface area contributed by atoms with E-state index in [1.807, 2.05) is 13.0 Å². The van der Waals surface area contributed by atoms with Gasteiger partial charge in [-0.3, -0.25) is 9.32 Å². The van der Waals surface area contributed by atoms with E-state index < -0.39 is 37.7 Å². The number of aliphatic hydroxyl groups is 2. The molecule has 6 N–H and O–H groups in total. The van der Waals surface area contributed by atoms with Crippen LogP contribution in [0.4, 0.5) is 0 Å². The number of ether oxygens (including phenoxy) is 2. The minimum Gasteiger partial charge on any atom is -0.462 e. The molecule has 2 aliphatic carbocycles. The van der Waals surface area contributed by atoms with Crippen LogP contribution in [0.1, 0.15) is 84.0 Å². The molecule has 1 heterocycles. The molecular formula is C32H50NO10P. The van der Waals surface area contributed by atoms with Crippen molar-refractivity contribution in [3.63, 3.8) is 0 Å². The number of hydrogen-bond acceptors (Lipinski definition) is 9. The molecule has 2 fully saturated rings. The Balaban J connectivity index is 1.61. The molecule has 0 aromatic carbocycles. The van der Waals surface area contributed by atoms with Gasteiger partial charge in [-0.2, -0.15) is 0 Å². The molecule has 11 nitrogen and oxygen atoms in total. The van der Waals surface area contributed by atoms with Crippen LogP contribution in [0.15, 0.2) is 48.6 Å². The van der Waals surface area contributed by atoms with Crippen molar-refractivity contribution < 1.29 is 48.2 Å². The zero-order valence-corrected chi connectivity index (χ0v) is 26.5. The van der Waals surface area contributed by atoms with E-state index >= 15 is 0 Å². The van der Waals surface area contributed by atoms with Crippen molar-refractivity contribution in [3.8, 4) is 0 Å². The first kappa shape index (κ1) is 36.4. The fourth-order valence-corrected chi connectivity index (χ4v) is 6.84. The van der Waals surface area contributed by atoms with E-state index in [4.69, 9.17) is 19.7 Å². The second-order valence-electron chi connectivity index (χ2n) is 12.2. The van der Waals surface area contributed by atoms with Crippen molar-refractivity contribution in [1.29, 1.82) is 0 Å². The fraction of sp³-hybridized carbons (Fsp3) is 0.688. The molecule has 248 valence electrons. The third kappa shape index (κ3) is 12.0. The summed E-state index contributed by atoms with van der Waals surface area (Å²) in [4.78, 5) is 43.5. The number of phosphoric ester groups is 1. The molecule has 0 saturated heterocycles. The molecule has 0 spiro atoms. The molecule has 0 amide bonds. The molecule has 7 atom stereocenters. The summed E-state index contributed by atoms with van der Waals surface area (Å²) in [7, 11) is -5.07. The van der Waals surface area contributed by atoms with Crippen molar-refractivity contribution in [2.24, 2.45) is 23.5 Å². The van der Waals surface area contributed by atoms with Gasteiger partial charge in [0, 0.05) is 18.4 Å². The summed E-state index contributed by atoms with van der Waals surface area (Å²) < 4.78 is 28.0. The highest BCUT2D eigenvalue weighted by Crippen LogP contribution is 2.42. The van der Waals surface area contributed by atoms with Gasteiger partial charge >= 0.3 is 19.8 Å². The Labute approximate surface area is 260 Å². The van der Waals surface area contributed by atoms with Gasteiger partial charge in [0.2, 0.25) is 0 Å². The average Bonchev–Trinajstić information content (AvgIpc) is 2.98. The van der Waals surface area contributed by atoms with Crippen LogP contribution in [-0.2, 0) is 28.2 Å². The number of aliphatic hydroxyl groups excluding tert-OH is 1. The van der Waals surface area contributed by atoms with Crippen LogP contribution in [0.2, 0.25) is 0 Å². The van der Waals surface area contributed by atoms with Gasteiger partial charge in [-0.1, -0.05) is 62.6 Å². The van der Waals surface area contributed by atoms with Gasteiger partial charge in [0.15, 0.2) is 0 Å². The second kappa shape index (κ2) is 17.5. The Hall–Kier alpha value is -2.11. The molecule has 0 aromatic rings. The molecule has 0 aromatic heterocycles.